The number of aromatic hydroxyl groups is 1. The van der Waals surface area contributed by atoms with Crippen molar-refractivity contribution in [2.24, 2.45) is 29.1 Å². The Labute approximate surface area is 281 Å². The predicted octanol–water partition coefficient (Wildman–Crippen LogP) is 7.04. The number of phenols is 1. The molecule has 4 amide bonds. The summed E-state index contributed by atoms with van der Waals surface area (Å²) < 4.78 is 20.1. The summed E-state index contributed by atoms with van der Waals surface area (Å²) in [5.74, 6) is -6.50. The minimum Gasteiger partial charge on any atom is -0.504 e. The van der Waals surface area contributed by atoms with E-state index in [2.05, 4.69) is 15.9 Å². The predicted molar refractivity (Wildman–Crippen MR) is 172 cm³/mol. The number of fused-ring (bicyclic) bond motifs is 4. The number of carbonyl (C=O) groups is 4. The van der Waals surface area contributed by atoms with Crippen LogP contribution in [0.1, 0.15) is 31.2 Å². The Balaban J connectivity index is 1.40. The molecule has 0 spiro atoms. The number of nitrogens with zero attached hydrogens (tertiary/aromatic N) is 2. The Bertz CT molecular complexity index is 1900. The van der Waals surface area contributed by atoms with Gasteiger partial charge >= 0.3 is 0 Å². The van der Waals surface area contributed by atoms with Gasteiger partial charge in [-0.25, -0.2) is 9.29 Å². The van der Waals surface area contributed by atoms with Gasteiger partial charge in [0, 0.05) is 21.0 Å². The lowest BCUT2D eigenvalue weighted by Gasteiger charge is -2.49. The first-order chi connectivity index (χ1) is 21.9. The van der Waals surface area contributed by atoms with E-state index in [1.807, 2.05) is 6.08 Å². The molecule has 2 aliphatic heterocycles. The van der Waals surface area contributed by atoms with Gasteiger partial charge in [0.1, 0.15) is 5.82 Å². The third-order valence-electron chi connectivity index (χ3n) is 10.1. The Morgan fingerprint density at radius 3 is 2.30 bits per heavy atom. The summed E-state index contributed by atoms with van der Waals surface area (Å²) >= 11 is 15.6. The number of rotatable bonds is 4. The molecule has 3 aromatic carbocycles. The fourth-order valence-corrected chi connectivity index (χ4v) is 8.80. The van der Waals surface area contributed by atoms with Gasteiger partial charge in [-0.1, -0.05) is 50.8 Å². The van der Waals surface area contributed by atoms with Crippen LogP contribution < -0.4 is 14.5 Å². The summed E-state index contributed by atoms with van der Waals surface area (Å²) in [5, 5.41) is 11.7. The van der Waals surface area contributed by atoms with Crippen molar-refractivity contribution in [3.8, 4) is 11.5 Å². The number of imide groups is 2. The number of anilines is 2. The van der Waals surface area contributed by atoms with Crippen LogP contribution in [0.5, 0.6) is 11.5 Å². The highest BCUT2D eigenvalue weighted by atomic mass is 79.9. The maximum Gasteiger partial charge on any atom is 0.241 e. The molecule has 46 heavy (non-hydrogen) atoms. The monoisotopic (exact) mass is 726 g/mol. The molecule has 4 aliphatic rings. The van der Waals surface area contributed by atoms with Crippen LogP contribution in [0.4, 0.5) is 15.8 Å². The largest absolute Gasteiger partial charge is 0.504 e. The molecule has 12 heteroatoms. The first-order valence-corrected chi connectivity index (χ1v) is 16.2. The smallest absolute Gasteiger partial charge is 0.241 e. The fourth-order valence-electron chi connectivity index (χ4n) is 8.04. The number of phenolic OH excluding ortho intramolecular Hbond substituents is 1. The molecular formula is C34H26BrCl2FN2O6. The van der Waals surface area contributed by atoms with Gasteiger partial charge in [-0.15, -0.1) is 0 Å². The van der Waals surface area contributed by atoms with E-state index in [9.17, 15) is 28.7 Å². The van der Waals surface area contributed by atoms with E-state index in [1.54, 1.807) is 43.3 Å². The number of ether oxygens (including phenoxy) is 1. The molecule has 0 aromatic heterocycles. The lowest BCUT2D eigenvalue weighted by Crippen LogP contribution is -2.49. The third kappa shape index (κ3) is 4.29. The zero-order chi connectivity index (χ0) is 32.8. The molecule has 1 saturated carbocycles. The van der Waals surface area contributed by atoms with E-state index < -0.39 is 58.5 Å². The molecule has 3 fully saturated rings. The molecule has 0 bridgehead atoms. The Morgan fingerprint density at radius 2 is 1.63 bits per heavy atom. The van der Waals surface area contributed by atoms with Crippen LogP contribution in [0.15, 0.2) is 70.7 Å². The second-order valence-corrected chi connectivity index (χ2v) is 14.1. The maximum atomic E-state index is 14.6. The van der Waals surface area contributed by atoms with Crippen molar-refractivity contribution < 1.29 is 33.4 Å². The van der Waals surface area contributed by atoms with Gasteiger partial charge in [0.15, 0.2) is 11.5 Å². The van der Waals surface area contributed by atoms with E-state index in [0.717, 1.165) is 11.0 Å². The van der Waals surface area contributed by atoms with Crippen LogP contribution in [0.25, 0.3) is 0 Å². The van der Waals surface area contributed by atoms with Crippen molar-refractivity contribution >= 4 is 74.1 Å². The van der Waals surface area contributed by atoms with E-state index in [-0.39, 0.29) is 41.0 Å². The first-order valence-electron chi connectivity index (χ1n) is 14.6. The van der Waals surface area contributed by atoms with Gasteiger partial charge in [0.25, 0.3) is 0 Å². The van der Waals surface area contributed by atoms with Gasteiger partial charge in [0.05, 0.1) is 46.7 Å². The second kappa shape index (κ2) is 10.9. The SMILES string of the molecule is COc1cc(Br)cc([C@H]2C3=CC[C@@H]4C(=O)N(c5ccc(Cl)cc5)C(=O)[C@@H]4[C@@H]3C[C@H]3C(=O)N(c4ccc(F)c(Cl)c4)C(=O)[C@@]23C)c1O. The maximum absolute atomic E-state index is 14.6. The highest BCUT2D eigenvalue weighted by Gasteiger charge is 2.68. The van der Waals surface area contributed by atoms with Gasteiger partial charge in [-0.2, -0.15) is 0 Å². The molecule has 2 aliphatic carbocycles. The second-order valence-electron chi connectivity index (χ2n) is 12.3. The normalized spacial score (nSPS) is 28.7. The standard InChI is InChI=1S/C34H26BrCl2FN2O6/c1-34-23(31(43)40(33(34)45)18-7-10-25(38)24(37)13-18)14-21-19(28(34)22-11-15(35)12-26(46-2)29(22)41)8-9-20-27(21)32(44)39(30(20)42)17-5-3-16(36)4-6-17/h3-8,10-13,20-21,23,27-28,41H,9,14H2,1-2H3/t20-,21+,23-,27-,28+,34+/m0/s1. The number of benzene rings is 3. The van der Waals surface area contributed by atoms with Crippen LogP contribution in [-0.2, 0) is 19.2 Å². The zero-order valence-electron chi connectivity index (χ0n) is 24.5. The zero-order valence-corrected chi connectivity index (χ0v) is 27.6. The lowest BCUT2D eigenvalue weighted by molar-refractivity contribution is -0.131. The summed E-state index contributed by atoms with van der Waals surface area (Å²) in [6.07, 6.45) is 2.22. The molecule has 0 unspecified atom stereocenters. The molecule has 2 saturated heterocycles. The van der Waals surface area contributed by atoms with Gasteiger partial charge < -0.3 is 9.84 Å². The van der Waals surface area contributed by atoms with Crippen molar-refractivity contribution in [1.29, 1.82) is 0 Å². The summed E-state index contributed by atoms with van der Waals surface area (Å²) in [4.78, 5) is 59.0. The molecule has 8 nitrogen and oxygen atoms in total. The van der Waals surface area contributed by atoms with E-state index in [1.165, 1.54) is 24.1 Å². The number of allylic oxidation sites excluding steroid dienone is 2. The van der Waals surface area contributed by atoms with Crippen molar-refractivity contribution in [3.05, 3.63) is 92.1 Å². The topological polar surface area (TPSA) is 104 Å². The van der Waals surface area contributed by atoms with E-state index in [4.69, 9.17) is 27.9 Å². The molecule has 0 radical (unpaired) electrons. The molecule has 7 rings (SSSR count). The summed E-state index contributed by atoms with van der Waals surface area (Å²) in [6.45, 7) is 1.69. The number of amides is 4. The summed E-state index contributed by atoms with van der Waals surface area (Å²) in [7, 11) is 1.41. The Kier molecular flexibility index (Phi) is 7.34. The first kappa shape index (κ1) is 30.9. The Morgan fingerprint density at radius 1 is 0.935 bits per heavy atom. The number of methoxy groups -OCH3 is 1. The highest BCUT2D eigenvalue weighted by Crippen LogP contribution is 2.65. The van der Waals surface area contributed by atoms with Crippen LogP contribution >= 0.6 is 39.1 Å². The van der Waals surface area contributed by atoms with Crippen molar-refractivity contribution in [2.45, 2.75) is 25.7 Å². The molecular weight excluding hydrogens is 702 g/mol. The Hall–Kier alpha value is -3.73. The lowest BCUT2D eigenvalue weighted by atomic mass is 9.51. The number of halogens is 4. The molecule has 3 aromatic rings. The minimum absolute atomic E-state index is 0.107. The van der Waals surface area contributed by atoms with Gasteiger partial charge in [0.2, 0.25) is 23.6 Å². The van der Waals surface area contributed by atoms with Gasteiger partial charge in [-0.05, 0) is 80.3 Å². The fraction of sp³-hybridized carbons (Fsp3) is 0.294. The molecule has 1 N–H and O–H groups in total. The van der Waals surface area contributed by atoms with Gasteiger partial charge in [-0.3, -0.25) is 24.1 Å². The number of carbonyl (C=O) groups excluding carboxylic acids is 4. The van der Waals surface area contributed by atoms with E-state index in [0.29, 0.717) is 26.3 Å². The van der Waals surface area contributed by atoms with Crippen LogP contribution in [0.3, 0.4) is 0 Å². The quantitative estimate of drug-likeness (QED) is 0.228. The number of hydrogen-bond donors (Lipinski definition) is 1. The van der Waals surface area contributed by atoms with Crippen molar-refractivity contribution in [3.63, 3.8) is 0 Å². The van der Waals surface area contributed by atoms with Crippen LogP contribution in [0.2, 0.25) is 10.0 Å². The summed E-state index contributed by atoms with van der Waals surface area (Å²) in [5.41, 5.74) is 0.100. The van der Waals surface area contributed by atoms with E-state index >= 15 is 0 Å². The number of hydrogen-bond acceptors (Lipinski definition) is 6. The molecule has 236 valence electrons. The molecule has 6 atom stereocenters. The average Bonchev–Trinajstić information content (AvgIpc) is 3.39. The van der Waals surface area contributed by atoms with Crippen LogP contribution in [-0.4, -0.2) is 35.8 Å². The molecule has 2 heterocycles. The highest BCUT2D eigenvalue weighted by molar-refractivity contribution is 9.10. The van der Waals surface area contributed by atoms with Crippen LogP contribution in [0, 0.1) is 34.9 Å². The summed E-state index contributed by atoms with van der Waals surface area (Å²) in [6, 6.07) is 13.3. The average molecular weight is 728 g/mol. The minimum atomic E-state index is -1.43. The third-order valence-corrected chi connectivity index (χ3v) is 11.1. The van der Waals surface area contributed by atoms with Crippen molar-refractivity contribution in [2.75, 3.05) is 16.9 Å². The van der Waals surface area contributed by atoms with Crippen molar-refractivity contribution in [1.82, 2.24) is 0 Å².